The van der Waals surface area contributed by atoms with Gasteiger partial charge in [-0.25, -0.2) is 0 Å². The quantitative estimate of drug-likeness (QED) is 0.159. The second-order valence-corrected chi connectivity index (χ2v) is 21.2. The number of rotatable bonds is 5. The second-order valence-electron chi connectivity index (χ2n) is 20.2. The van der Waals surface area contributed by atoms with E-state index in [1.807, 2.05) is 11.3 Å². The van der Waals surface area contributed by atoms with Crippen LogP contribution in [0.4, 0.5) is 34.1 Å². The van der Waals surface area contributed by atoms with Crippen molar-refractivity contribution < 1.29 is 0 Å². The molecule has 10 aromatic rings. The summed E-state index contributed by atoms with van der Waals surface area (Å²) in [5, 5.41) is 2.65. The normalized spacial score (nSPS) is 13.2. The first-order chi connectivity index (χ1) is 32.0. The number of hydrogen-bond acceptors (Lipinski definition) is 3. The van der Waals surface area contributed by atoms with Gasteiger partial charge < -0.3 is 9.80 Å². The van der Waals surface area contributed by atoms with Crippen molar-refractivity contribution in [3.63, 3.8) is 0 Å². The van der Waals surface area contributed by atoms with Gasteiger partial charge in [-0.1, -0.05) is 187 Å². The molecule has 2 aliphatic rings. The van der Waals surface area contributed by atoms with Crippen molar-refractivity contribution in [2.24, 2.45) is 0 Å². The van der Waals surface area contributed by atoms with Gasteiger partial charge in [0.1, 0.15) is 0 Å². The molecule has 0 unspecified atom stereocenters. The fraction of sp³-hybridized carbons (Fsp3) is 0.129. The zero-order valence-electron chi connectivity index (χ0n) is 38.4. The van der Waals surface area contributed by atoms with Crippen molar-refractivity contribution >= 4 is 88.7 Å². The topological polar surface area (TPSA) is 6.48 Å². The average molecular weight is 867 g/mol. The van der Waals surface area contributed by atoms with Gasteiger partial charge in [-0.3, -0.25) is 0 Å². The van der Waals surface area contributed by atoms with Crippen LogP contribution in [-0.4, -0.2) is 6.71 Å². The first kappa shape index (κ1) is 40.4. The summed E-state index contributed by atoms with van der Waals surface area (Å²) in [6.45, 7) is 14.0. The van der Waals surface area contributed by atoms with Gasteiger partial charge in [0, 0.05) is 54.2 Å². The van der Waals surface area contributed by atoms with Crippen molar-refractivity contribution in [3.8, 4) is 33.4 Å². The first-order valence-electron chi connectivity index (χ1n) is 23.3. The molecule has 9 aromatic carbocycles. The molecule has 0 N–H and O–H groups in total. The summed E-state index contributed by atoms with van der Waals surface area (Å²) in [6, 6.07) is 75.2. The van der Waals surface area contributed by atoms with E-state index in [-0.39, 0.29) is 17.5 Å². The third kappa shape index (κ3) is 6.53. The highest BCUT2D eigenvalue weighted by Crippen LogP contribution is 2.48. The lowest BCUT2D eigenvalue weighted by molar-refractivity contribution is 0.590. The highest BCUT2D eigenvalue weighted by Gasteiger charge is 2.44. The van der Waals surface area contributed by atoms with Crippen LogP contribution in [0.1, 0.15) is 52.7 Å². The molecule has 0 saturated carbocycles. The molecule has 0 saturated heterocycles. The Kier molecular flexibility index (Phi) is 9.31. The molecule has 318 valence electrons. The van der Waals surface area contributed by atoms with Crippen LogP contribution in [-0.2, 0) is 10.8 Å². The molecular formula is C62H51BN2S. The number of nitrogens with zero attached hydrogens (tertiary/aromatic N) is 2. The molecule has 2 aliphatic heterocycles. The Labute approximate surface area is 393 Å². The Hall–Kier alpha value is -7.14. The summed E-state index contributed by atoms with van der Waals surface area (Å²) >= 11 is 1.89. The molecule has 0 amide bonds. The van der Waals surface area contributed by atoms with Crippen molar-refractivity contribution in [3.05, 3.63) is 211 Å². The summed E-state index contributed by atoms with van der Waals surface area (Å²) in [4.78, 5) is 5.11. The molecule has 0 fully saturated rings. The van der Waals surface area contributed by atoms with E-state index in [0.717, 1.165) is 11.4 Å². The van der Waals surface area contributed by atoms with Crippen molar-refractivity contribution in [1.29, 1.82) is 0 Å². The van der Waals surface area contributed by atoms with E-state index in [9.17, 15) is 0 Å². The van der Waals surface area contributed by atoms with E-state index in [2.05, 4.69) is 252 Å². The van der Waals surface area contributed by atoms with E-state index >= 15 is 0 Å². The molecule has 0 bridgehead atoms. The molecule has 0 radical (unpaired) electrons. The van der Waals surface area contributed by atoms with E-state index in [0.29, 0.717) is 0 Å². The van der Waals surface area contributed by atoms with Crippen LogP contribution in [0.2, 0.25) is 0 Å². The molecule has 0 atom stereocenters. The van der Waals surface area contributed by atoms with Gasteiger partial charge in [-0.15, -0.1) is 11.3 Å². The van der Waals surface area contributed by atoms with Gasteiger partial charge in [-0.2, -0.15) is 0 Å². The Balaban J connectivity index is 1.10. The summed E-state index contributed by atoms with van der Waals surface area (Å²) in [5.74, 6) is 0. The van der Waals surface area contributed by atoms with Crippen LogP contribution in [0.5, 0.6) is 0 Å². The monoisotopic (exact) mass is 866 g/mol. The Morgan fingerprint density at radius 2 is 0.909 bits per heavy atom. The highest BCUT2D eigenvalue weighted by molar-refractivity contribution is 7.26. The van der Waals surface area contributed by atoms with Gasteiger partial charge >= 0.3 is 0 Å². The Bertz CT molecular complexity index is 3500. The fourth-order valence-electron chi connectivity index (χ4n) is 10.6. The van der Waals surface area contributed by atoms with E-state index in [4.69, 9.17) is 0 Å². The largest absolute Gasteiger partial charge is 0.311 e. The fourth-order valence-corrected chi connectivity index (χ4v) is 11.8. The molecule has 0 aliphatic carbocycles. The number of benzene rings is 9. The van der Waals surface area contributed by atoms with Crippen molar-refractivity contribution in [2.75, 3.05) is 9.80 Å². The molecule has 0 spiro atoms. The maximum atomic E-state index is 2.57. The summed E-state index contributed by atoms with van der Waals surface area (Å²) < 4.78 is 2.66. The van der Waals surface area contributed by atoms with Gasteiger partial charge in [0.25, 0.3) is 6.71 Å². The maximum absolute atomic E-state index is 2.57. The smallest absolute Gasteiger partial charge is 0.252 e. The molecule has 2 nitrogen and oxygen atoms in total. The number of hydrogen-bond donors (Lipinski definition) is 0. The SMILES string of the molecule is CC(C)(C)c1ccc2c(c1)B1c3cc(C(C)(C)C)ccc3N(c3ccc(-c4ccccc4)cc3-c3ccccc3)c3cccc(c31)N2c1ccc(-c2cccc3c2sc2ccccc23)cc1. The predicted molar refractivity (Wildman–Crippen MR) is 287 cm³/mol. The van der Waals surface area contributed by atoms with Crippen molar-refractivity contribution in [1.82, 2.24) is 0 Å². The number of anilines is 6. The molecular weight excluding hydrogens is 816 g/mol. The van der Waals surface area contributed by atoms with Crippen LogP contribution < -0.4 is 26.2 Å². The van der Waals surface area contributed by atoms with E-state index in [1.165, 1.54) is 104 Å². The van der Waals surface area contributed by atoms with E-state index < -0.39 is 0 Å². The van der Waals surface area contributed by atoms with Crippen LogP contribution in [0.25, 0.3) is 53.6 Å². The lowest BCUT2D eigenvalue weighted by atomic mass is 9.33. The van der Waals surface area contributed by atoms with Crippen LogP contribution in [0, 0.1) is 0 Å². The Morgan fingerprint density at radius 1 is 0.379 bits per heavy atom. The molecule has 66 heavy (non-hydrogen) atoms. The minimum Gasteiger partial charge on any atom is -0.311 e. The number of thiophene rings is 1. The molecule has 12 rings (SSSR count). The standard InChI is InChI=1S/C62H51BN2S/c1-61(2,3)44-30-35-54-51(38-44)63-52-39-45(62(4,5)6)31-36-55(52)65(53-34-29-43(40-17-9-7-10-18-40)37-50(53)41-19-11-8-12-20-41)57-25-16-24-56(59(57)63)64(54)46-32-27-42(28-33-46)47-22-15-23-49-48-21-13-14-26-58(48)66-60(47)49/h7-39H,1-6H3. The predicted octanol–water partition coefficient (Wildman–Crippen LogP) is 15.7. The lowest BCUT2D eigenvalue weighted by Gasteiger charge is -2.45. The average Bonchev–Trinajstić information content (AvgIpc) is 3.73. The minimum absolute atomic E-state index is 0.0203. The maximum Gasteiger partial charge on any atom is 0.252 e. The van der Waals surface area contributed by atoms with E-state index in [1.54, 1.807) is 0 Å². The highest BCUT2D eigenvalue weighted by atomic mass is 32.1. The van der Waals surface area contributed by atoms with Crippen molar-refractivity contribution in [2.45, 2.75) is 52.4 Å². The molecule has 4 heteroatoms. The summed E-state index contributed by atoms with van der Waals surface area (Å²) in [7, 11) is 0. The third-order valence-electron chi connectivity index (χ3n) is 14.0. The second kappa shape index (κ2) is 15.2. The van der Waals surface area contributed by atoms with Gasteiger partial charge in [0.05, 0.1) is 5.69 Å². The van der Waals surface area contributed by atoms with Crippen LogP contribution in [0.15, 0.2) is 200 Å². The molecule has 3 heterocycles. The number of fused-ring (bicyclic) bond motifs is 7. The summed E-state index contributed by atoms with van der Waals surface area (Å²) in [6.07, 6.45) is 0. The van der Waals surface area contributed by atoms with Gasteiger partial charge in [0.15, 0.2) is 0 Å². The molecule has 1 aromatic heterocycles. The zero-order valence-corrected chi connectivity index (χ0v) is 39.2. The van der Waals surface area contributed by atoms with Gasteiger partial charge in [0.2, 0.25) is 0 Å². The Morgan fingerprint density at radius 3 is 1.58 bits per heavy atom. The summed E-state index contributed by atoms with van der Waals surface area (Å²) in [5.41, 5.74) is 21.1. The van der Waals surface area contributed by atoms with Crippen LogP contribution in [0.3, 0.4) is 0 Å². The third-order valence-corrected chi connectivity index (χ3v) is 15.2. The first-order valence-corrected chi connectivity index (χ1v) is 24.1. The lowest BCUT2D eigenvalue weighted by Crippen LogP contribution is -2.61. The van der Waals surface area contributed by atoms with Gasteiger partial charge in [-0.05, 0) is 121 Å². The zero-order chi connectivity index (χ0) is 44.9. The minimum atomic E-state index is -0.0368. The van der Waals surface area contributed by atoms with Crippen LogP contribution >= 0.6 is 11.3 Å².